The number of rotatable bonds is 15. The summed E-state index contributed by atoms with van der Waals surface area (Å²) < 4.78 is 12.7. The molecule has 0 saturated carbocycles. The molecule has 45 heavy (non-hydrogen) atoms. The number of allylic oxidation sites excluding steroid dienone is 1. The Bertz CT molecular complexity index is 1270. The Morgan fingerprint density at radius 3 is 2.47 bits per heavy atom. The highest BCUT2D eigenvalue weighted by Gasteiger charge is 2.77. The molecule has 11 heteroatoms. The normalized spacial score (nSPS) is 28.1. The highest BCUT2D eigenvalue weighted by atomic mass is 79.9. The van der Waals surface area contributed by atoms with Gasteiger partial charge in [-0.05, 0) is 38.2 Å². The third kappa shape index (κ3) is 6.62. The first-order valence-electron chi connectivity index (χ1n) is 15.7. The molecule has 3 amide bonds. The van der Waals surface area contributed by atoms with Crippen LogP contribution in [0.3, 0.4) is 0 Å². The molecule has 1 unspecified atom stereocenters. The van der Waals surface area contributed by atoms with Crippen LogP contribution >= 0.6 is 15.9 Å². The average Bonchev–Trinajstić information content (AvgIpc) is 3.60. The number of carbonyl (C=O) groups excluding carboxylic acids is 4. The molecule has 0 aromatic heterocycles. The lowest BCUT2D eigenvalue weighted by Crippen LogP contribution is -2.60. The largest absolute Gasteiger partial charge is 0.455 e. The summed E-state index contributed by atoms with van der Waals surface area (Å²) in [5.74, 6) is -3.70. The molecule has 8 atom stereocenters. The van der Waals surface area contributed by atoms with Gasteiger partial charge in [-0.15, -0.1) is 13.2 Å². The Morgan fingerprint density at radius 1 is 1.20 bits per heavy atom. The molecule has 3 aliphatic rings. The Balaban J connectivity index is 1.71. The van der Waals surface area contributed by atoms with Crippen molar-refractivity contribution in [3.63, 3.8) is 0 Å². The molecular weight excluding hydrogens is 642 g/mol. The second-order valence-corrected chi connectivity index (χ2v) is 13.9. The summed E-state index contributed by atoms with van der Waals surface area (Å²) in [4.78, 5) is 58.3. The van der Waals surface area contributed by atoms with E-state index in [4.69, 9.17) is 9.47 Å². The van der Waals surface area contributed by atoms with Gasteiger partial charge in [0.2, 0.25) is 17.7 Å². The lowest BCUT2D eigenvalue weighted by molar-refractivity contribution is -0.161. The van der Waals surface area contributed by atoms with Gasteiger partial charge in [-0.2, -0.15) is 0 Å². The quantitative estimate of drug-likeness (QED) is 0.164. The van der Waals surface area contributed by atoms with Crippen LogP contribution in [0.1, 0.15) is 58.6 Å². The number of nitrogens with zero attached hydrogens (tertiary/aromatic N) is 2. The number of hydrogen-bond donors (Lipinski definition) is 2. The number of esters is 1. The van der Waals surface area contributed by atoms with E-state index in [1.165, 1.54) is 4.90 Å². The predicted molar refractivity (Wildman–Crippen MR) is 173 cm³/mol. The van der Waals surface area contributed by atoms with Crippen LogP contribution < -0.4 is 5.32 Å². The van der Waals surface area contributed by atoms with Crippen LogP contribution in [0.4, 0.5) is 0 Å². The molecule has 2 bridgehead atoms. The number of aliphatic hydroxyl groups excluding tert-OH is 1. The molecule has 1 aromatic rings. The minimum Gasteiger partial charge on any atom is -0.455 e. The van der Waals surface area contributed by atoms with Crippen LogP contribution in [0.5, 0.6) is 0 Å². The van der Waals surface area contributed by atoms with Crippen molar-refractivity contribution >= 4 is 39.6 Å². The van der Waals surface area contributed by atoms with Gasteiger partial charge in [0.05, 0.1) is 37.1 Å². The highest BCUT2D eigenvalue weighted by molar-refractivity contribution is 9.09. The number of fused-ring (bicyclic) bond motifs is 1. The monoisotopic (exact) mass is 687 g/mol. The number of amides is 3. The van der Waals surface area contributed by atoms with Crippen LogP contribution in [0.2, 0.25) is 0 Å². The molecule has 3 heterocycles. The maximum atomic E-state index is 14.5. The number of likely N-dealkylation sites (tertiary alicyclic amines) is 1. The molecule has 10 nitrogen and oxygen atoms in total. The standard InChI is InChI=1S/C34H46BrN3O7/c1-7-9-15-26(40)36-18-25(22-13-11-10-12-14-22)44-33(43)27-28-31(41)38(24(19-39)20(3)4)30(32(42)37(16-8-2)21(5)6)34(28)17-23(35)29(27)45-34/h7-8,10-14,20-21,23-25,27-30,39H,1-2,9,15-19H2,3-6H3,(H,36,40)/t23?,24-,25+,27-,28+,29-,30-,34+/m0/s1. The lowest BCUT2D eigenvalue weighted by atomic mass is 9.70. The fraction of sp³-hybridized carbons (Fsp3) is 0.588. The molecule has 3 fully saturated rings. The molecule has 3 aliphatic heterocycles. The minimum atomic E-state index is -1.30. The average molecular weight is 689 g/mol. The van der Waals surface area contributed by atoms with Crippen LogP contribution in [-0.2, 0) is 28.7 Å². The van der Waals surface area contributed by atoms with E-state index in [9.17, 15) is 24.3 Å². The van der Waals surface area contributed by atoms with Crippen LogP contribution in [-0.4, -0.2) is 93.0 Å². The zero-order valence-corrected chi connectivity index (χ0v) is 28.1. The van der Waals surface area contributed by atoms with Gasteiger partial charge in [-0.25, -0.2) is 0 Å². The van der Waals surface area contributed by atoms with Crippen molar-refractivity contribution in [3.8, 4) is 0 Å². The number of alkyl halides is 1. The SMILES string of the molecule is C=CCCC(=O)NC[C@@H](OC(=O)[C@@H]1[C@H]2O[C@@]3(CC2Br)[C@H](C(=O)N(CC=C)C(C)C)N([C@@H](CO)C(C)C)C(=O)[C@@H]13)c1ccccc1. The number of nitrogens with one attached hydrogen (secondary N) is 1. The molecular formula is C34H46BrN3O7. The Morgan fingerprint density at radius 2 is 1.89 bits per heavy atom. The second-order valence-electron chi connectivity index (χ2n) is 12.7. The van der Waals surface area contributed by atoms with Gasteiger partial charge in [0.15, 0.2) is 0 Å². The zero-order valence-electron chi connectivity index (χ0n) is 26.6. The fourth-order valence-electron chi connectivity index (χ4n) is 7.09. The first-order valence-corrected chi connectivity index (χ1v) is 16.6. The summed E-state index contributed by atoms with van der Waals surface area (Å²) in [5, 5.41) is 13.3. The van der Waals surface area contributed by atoms with Crippen molar-refractivity contribution in [2.75, 3.05) is 19.7 Å². The van der Waals surface area contributed by atoms with Gasteiger partial charge >= 0.3 is 5.97 Å². The molecule has 0 radical (unpaired) electrons. The first-order chi connectivity index (χ1) is 21.4. The van der Waals surface area contributed by atoms with E-state index >= 15 is 0 Å². The number of aliphatic hydroxyl groups is 1. The van der Waals surface area contributed by atoms with Gasteiger partial charge < -0.3 is 29.7 Å². The molecule has 0 aliphatic carbocycles. The van der Waals surface area contributed by atoms with E-state index in [1.807, 2.05) is 58.0 Å². The van der Waals surface area contributed by atoms with Gasteiger partial charge in [-0.1, -0.05) is 72.3 Å². The molecule has 2 N–H and O–H groups in total. The number of carbonyl (C=O) groups is 4. The third-order valence-electron chi connectivity index (χ3n) is 9.27. The summed E-state index contributed by atoms with van der Waals surface area (Å²) in [7, 11) is 0. The van der Waals surface area contributed by atoms with Gasteiger partial charge in [0.25, 0.3) is 0 Å². The van der Waals surface area contributed by atoms with Gasteiger partial charge in [-0.3, -0.25) is 19.2 Å². The van der Waals surface area contributed by atoms with E-state index in [1.54, 1.807) is 17.1 Å². The van der Waals surface area contributed by atoms with E-state index < -0.39 is 53.6 Å². The van der Waals surface area contributed by atoms with E-state index in [0.717, 1.165) is 0 Å². The summed E-state index contributed by atoms with van der Waals surface area (Å²) in [6, 6.07) is 7.20. The van der Waals surface area contributed by atoms with Crippen LogP contribution in [0.15, 0.2) is 55.6 Å². The van der Waals surface area contributed by atoms with Crippen molar-refractivity contribution < 1.29 is 33.8 Å². The van der Waals surface area contributed by atoms with Crippen LogP contribution in [0.25, 0.3) is 0 Å². The Labute approximate surface area is 274 Å². The van der Waals surface area contributed by atoms with E-state index in [-0.39, 0.29) is 54.7 Å². The smallest absolute Gasteiger partial charge is 0.313 e. The van der Waals surface area contributed by atoms with Crippen molar-refractivity contribution in [1.29, 1.82) is 0 Å². The third-order valence-corrected chi connectivity index (χ3v) is 10.1. The number of ether oxygens (including phenoxy) is 2. The summed E-state index contributed by atoms with van der Waals surface area (Å²) in [5.41, 5.74) is -0.609. The van der Waals surface area contributed by atoms with Gasteiger partial charge in [0, 0.05) is 23.8 Å². The first kappa shape index (κ1) is 34.8. The summed E-state index contributed by atoms with van der Waals surface area (Å²) in [6.07, 6.45) is 2.89. The fourth-order valence-corrected chi connectivity index (χ4v) is 8.03. The lowest BCUT2D eigenvalue weighted by Gasteiger charge is -2.41. The Kier molecular flexibility index (Phi) is 11.3. The highest BCUT2D eigenvalue weighted by Crippen LogP contribution is 2.61. The second kappa shape index (κ2) is 14.6. The maximum absolute atomic E-state index is 14.5. The maximum Gasteiger partial charge on any atom is 0.313 e. The molecule has 3 saturated heterocycles. The summed E-state index contributed by atoms with van der Waals surface area (Å²) >= 11 is 3.70. The topological polar surface area (TPSA) is 125 Å². The summed E-state index contributed by atoms with van der Waals surface area (Å²) in [6.45, 7) is 15.0. The van der Waals surface area contributed by atoms with E-state index in [2.05, 4.69) is 34.4 Å². The van der Waals surface area contributed by atoms with Crippen molar-refractivity contribution in [3.05, 3.63) is 61.2 Å². The number of halogens is 1. The van der Waals surface area contributed by atoms with Gasteiger partial charge in [0.1, 0.15) is 17.7 Å². The molecule has 1 spiro atoms. The Hall–Kier alpha value is -3.02. The van der Waals surface area contributed by atoms with Crippen molar-refractivity contribution in [2.45, 2.75) is 87.7 Å². The zero-order chi connectivity index (χ0) is 33.1. The number of benzene rings is 1. The minimum absolute atomic E-state index is 0.0452. The number of hydrogen-bond acceptors (Lipinski definition) is 7. The van der Waals surface area contributed by atoms with E-state index in [0.29, 0.717) is 18.4 Å². The molecule has 1 aromatic carbocycles. The predicted octanol–water partition coefficient (Wildman–Crippen LogP) is 3.54. The van der Waals surface area contributed by atoms with Crippen molar-refractivity contribution in [2.24, 2.45) is 17.8 Å². The van der Waals surface area contributed by atoms with Crippen LogP contribution in [0, 0.1) is 17.8 Å². The molecule has 246 valence electrons. The van der Waals surface area contributed by atoms with Crippen molar-refractivity contribution in [1.82, 2.24) is 15.1 Å². The molecule has 4 rings (SSSR count).